The van der Waals surface area contributed by atoms with Gasteiger partial charge >= 0.3 is 29.6 Å². The van der Waals surface area contributed by atoms with Crippen molar-refractivity contribution < 1.29 is 53.5 Å². The van der Waals surface area contributed by atoms with Gasteiger partial charge in [-0.05, 0) is 26.7 Å². The van der Waals surface area contributed by atoms with Crippen LogP contribution in [0.5, 0.6) is 0 Å². The Morgan fingerprint density at radius 1 is 1.16 bits per heavy atom. The monoisotopic (exact) mass is 368 g/mol. The van der Waals surface area contributed by atoms with Crippen LogP contribution in [0, 0.1) is 5.41 Å². The molecular weight excluding hydrogens is 333 g/mol. The van der Waals surface area contributed by atoms with Crippen LogP contribution in [0.1, 0.15) is 75.7 Å². The number of carbonyl (C=O) groups excluding carboxylic acids is 2. The number of carboxylic acid groups (broad SMARTS) is 1. The Morgan fingerprint density at radius 2 is 1.68 bits per heavy atom. The van der Waals surface area contributed by atoms with Gasteiger partial charge in [-0.15, -0.1) is 0 Å². The van der Waals surface area contributed by atoms with Crippen LogP contribution >= 0.6 is 0 Å². The number of carbonyl (C=O) groups is 2. The number of guanidine groups is 1. The zero-order valence-electron chi connectivity index (χ0n) is 18.7. The topological polar surface area (TPSA) is 117 Å². The van der Waals surface area contributed by atoms with E-state index in [0.717, 1.165) is 44.9 Å². The van der Waals surface area contributed by atoms with Crippen LogP contribution in [-0.2, 0) is 9.59 Å². The molecule has 0 atom stereocenters. The summed E-state index contributed by atoms with van der Waals surface area (Å²) in [5.74, 6) is -2.93. The van der Waals surface area contributed by atoms with Crippen LogP contribution in [0.15, 0.2) is 0 Å². The SMILES string of the molecule is [2H]C([2H])([2H])N(CC(=O)[O-])C(=N)NC(=O)CCCCCCCCCC(C)(C)O.[Na+]. The van der Waals surface area contributed by atoms with Crippen molar-refractivity contribution in [3.63, 3.8) is 0 Å². The summed E-state index contributed by atoms with van der Waals surface area (Å²) in [7, 11) is 0. The minimum atomic E-state index is -2.85. The molecule has 0 spiro atoms. The average molecular weight is 368 g/mol. The molecule has 0 saturated carbocycles. The average Bonchev–Trinajstić information content (AvgIpc) is 2.48. The summed E-state index contributed by atoms with van der Waals surface area (Å²) >= 11 is 0. The van der Waals surface area contributed by atoms with Crippen LogP contribution in [0.4, 0.5) is 0 Å². The maximum absolute atomic E-state index is 11.8. The predicted molar refractivity (Wildman–Crippen MR) is 91.4 cm³/mol. The number of nitrogens with zero attached hydrogens (tertiary/aromatic N) is 1. The number of carboxylic acids is 1. The van der Waals surface area contributed by atoms with Gasteiger partial charge in [0.2, 0.25) is 5.91 Å². The third-order valence-corrected chi connectivity index (χ3v) is 3.51. The molecule has 0 bridgehead atoms. The molecule has 0 radical (unpaired) electrons. The quantitative estimate of drug-likeness (QED) is 0.160. The van der Waals surface area contributed by atoms with E-state index in [9.17, 15) is 19.8 Å². The maximum atomic E-state index is 11.8. The van der Waals surface area contributed by atoms with E-state index in [1.807, 2.05) is 0 Å². The van der Waals surface area contributed by atoms with E-state index in [-0.39, 0.29) is 36.0 Å². The van der Waals surface area contributed by atoms with Gasteiger partial charge in [0.1, 0.15) is 0 Å². The van der Waals surface area contributed by atoms with Crippen molar-refractivity contribution in [1.29, 1.82) is 5.41 Å². The van der Waals surface area contributed by atoms with Crippen molar-refractivity contribution in [3.05, 3.63) is 0 Å². The van der Waals surface area contributed by atoms with E-state index >= 15 is 0 Å². The van der Waals surface area contributed by atoms with Crippen molar-refractivity contribution in [1.82, 2.24) is 10.2 Å². The zero-order chi connectivity index (χ0) is 21.1. The number of aliphatic hydroxyl groups is 1. The number of likely N-dealkylation sites (N-methyl/N-ethyl adjacent to an activating group) is 1. The minimum absolute atomic E-state index is 0. The molecule has 0 aromatic carbocycles. The van der Waals surface area contributed by atoms with Gasteiger partial charge in [0.15, 0.2) is 5.96 Å². The number of rotatable bonds is 12. The molecule has 0 unspecified atom stereocenters. The predicted octanol–water partition coefficient (Wildman–Crippen LogP) is -2.00. The Kier molecular flexibility index (Phi) is 12.0. The van der Waals surface area contributed by atoms with Gasteiger partial charge in [0, 0.05) is 17.5 Å². The molecule has 0 fully saturated rings. The van der Waals surface area contributed by atoms with E-state index in [1.165, 1.54) is 0 Å². The second-order valence-corrected chi connectivity index (χ2v) is 6.64. The third kappa shape index (κ3) is 18.0. The van der Waals surface area contributed by atoms with Gasteiger partial charge in [-0.1, -0.05) is 38.5 Å². The summed E-state index contributed by atoms with van der Waals surface area (Å²) in [5.41, 5.74) is -0.614. The smallest absolute Gasteiger partial charge is 0.548 e. The minimum Gasteiger partial charge on any atom is -0.548 e. The number of nitrogens with one attached hydrogen (secondary N) is 2. The molecule has 3 N–H and O–H groups in total. The van der Waals surface area contributed by atoms with Gasteiger partial charge in [0.25, 0.3) is 0 Å². The Labute approximate surface area is 177 Å². The van der Waals surface area contributed by atoms with Crippen LogP contribution in [0.3, 0.4) is 0 Å². The summed E-state index contributed by atoms with van der Waals surface area (Å²) in [5, 5.41) is 29.9. The van der Waals surface area contributed by atoms with Gasteiger partial charge in [-0.25, -0.2) is 0 Å². The number of amides is 1. The molecule has 8 heteroatoms. The fraction of sp³-hybridized carbons (Fsp3) is 0.824. The molecule has 0 rings (SSSR count). The normalized spacial score (nSPS) is 13.0. The Bertz CT molecular complexity index is 497. The van der Waals surface area contributed by atoms with Crippen LogP contribution in [0.2, 0.25) is 0 Å². The number of unbranched alkanes of at least 4 members (excludes halogenated alkanes) is 6. The first-order valence-corrected chi connectivity index (χ1v) is 8.41. The Balaban J connectivity index is 0. The van der Waals surface area contributed by atoms with Crippen LogP contribution < -0.4 is 40.0 Å². The van der Waals surface area contributed by atoms with Crippen LogP contribution in [-0.4, -0.2) is 47.0 Å². The Hall–Kier alpha value is -0.630. The first-order valence-electron chi connectivity index (χ1n) is 9.91. The van der Waals surface area contributed by atoms with Gasteiger partial charge < -0.3 is 19.9 Å². The number of hydrogen-bond donors (Lipinski definition) is 3. The molecule has 0 aliphatic carbocycles. The van der Waals surface area contributed by atoms with Crippen molar-refractivity contribution in [2.24, 2.45) is 0 Å². The first kappa shape index (κ1) is 20.7. The fourth-order valence-electron chi connectivity index (χ4n) is 2.20. The molecule has 0 aromatic heterocycles. The fourth-order valence-corrected chi connectivity index (χ4v) is 2.20. The molecule has 140 valence electrons. The Morgan fingerprint density at radius 3 is 2.16 bits per heavy atom. The molecule has 7 nitrogen and oxygen atoms in total. The summed E-state index contributed by atoms with van der Waals surface area (Å²) < 4.78 is 21.6. The van der Waals surface area contributed by atoms with Crippen molar-refractivity contribution in [2.45, 2.75) is 77.2 Å². The standard InChI is InChI=1S/C17H33N3O4.Na/c1-17(2,24)12-10-8-6-4-5-7-9-11-14(21)19-16(18)20(3)13-15(22)23;/h24H,4-13H2,1-3H3,(H,22,23)(H2,18,19,21);/q;+1/p-1/i3D3;. The number of aliphatic carboxylic acids is 1. The molecule has 0 aliphatic rings. The van der Waals surface area contributed by atoms with Crippen molar-refractivity contribution in [2.75, 3.05) is 13.5 Å². The van der Waals surface area contributed by atoms with Crippen molar-refractivity contribution in [3.8, 4) is 0 Å². The largest absolute Gasteiger partial charge is 1.00 e. The van der Waals surface area contributed by atoms with Gasteiger partial charge in [-0.3, -0.25) is 15.5 Å². The molecule has 0 aliphatic heterocycles. The molecule has 0 aromatic rings. The summed E-state index contributed by atoms with van der Waals surface area (Å²) in [6.45, 7) is -0.250. The molecule has 1 amide bonds. The van der Waals surface area contributed by atoms with Crippen molar-refractivity contribution >= 4 is 17.8 Å². The van der Waals surface area contributed by atoms with E-state index in [0.29, 0.717) is 11.3 Å². The second-order valence-electron chi connectivity index (χ2n) is 6.64. The van der Waals surface area contributed by atoms with E-state index in [1.54, 1.807) is 13.8 Å². The summed E-state index contributed by atoms with van der Waals surface area (Å²) in [4.78, 5) is 22.7. The second kappa shape index (κ2) is 14.5. The number of hydrogen-bond acceptors (Lipinski definition) is 5. The zero-order valence-corrected chi connectivity index (χ0v) is 17.7. The molecule has 25 heavy (non-hydrogen) atoms. The maximum Gasteiger partial charge on any atom is 1.00 e. The third-order valence-electron chi connectivity index (χ3n) is 3.51. The molecular formula is C17H32N3NaO4. The van der Waals surface area contributed by atoms with E-state index in [4.69, 9.17) is 9.52 Å². The molecule has 0 heterocycles. The molecule has 0 saturated heterocycles. The van der Waals surface area contributed by atoms with Gasteiger partial charge in [0.05, 0.1) is 18.1 Å². The van der Waals surface area contributed by atoms with E-state index in [2.05, 4.69) is 5.32 Å². The van der Waals surface area contributed by atoms with Gasteiger partial charge in [-0.2, -0.15) is 0 Å². The van der Waals surface area contributed by atoms with E-state index < -0.39 is 37.0 Å². The van der Waals surface area contributed by atoms with Crippen LogP contribution in [0.25, 0.3) is 0 Å². The summed E-state index contributed by atoms with van der Waals surface area (Å²) in [6, 6.07) is 0. The first-order chi connectivity index (χ1) is 12.3. The summed E-state index contributed by atoms with van der Waals surface area (Å²) in [6.07, 6.45) is 7.51.